The first-order valence-corrected chi connectivity index (χ1v) is 4.65. The zero-order valence-electron chi connectivity index (χ0n) is 8.27. The smallest absolute Gasteiger partial charge is 0.251 e. The first-order valence-electron chi connectivity index (χ1n) is 4.65. The normalized spacial score (nSPS) is 10.2. The van der Waals surface area contributed by atoms with Gasteiger partial charge in [0.1, 0.15) is 12.2 Å². The molecule has 2 aromatic rings. The minimum atomic E-state index is -0.152. The van der Waals surface area contributed by atoms with Crippen LogP contribution in [0, 0.1) is 0 Å². The number of hydrogen-bond acceptors (Lipinski definition) is 4. The summed E-state index contributed by atoms with van der Waals surface area (Å²) >= 11 is 0. The molecule has 0 saturated carbocycles. The summed E-state index contributed by atoms with van der Waals surface area (Å²) in [6, 6.07) is 1.44. The summed E-state index contributed by atoms with van der Waals surface area (Å²) in [6.45, 7) is 1.93. The average molecular weight is 202 g/mol. The van der Waals surface area contributed by atoms with Crippen molar-refractivity contribution in [3.8, 4) is 11.3 Å². The van der Waals surface area contributed by atoms with Crippen molar-refractivity contribution >= 4 is 0 Å². The van der Waals surface area contributed by atoms with Gasteiger partial charge >= 0.3 is 0 Å². The zero-order chi connectivity index (χ0) is 10.7. The minimum absolute atomic E-state index is 0.152. The molecule has 0 amide bonds. The average Bonchev–Trinajstić information content (AvgIpc) is 2.29. The van der Waals surface area contributed by atoms with Gasteiger partial charge in [-0.3, -0.25) is 4.79 Å². The molecule has 5 nitrogen and oxygen atoms in total. The van der Waals surface area contributed by atoms with Gasteiger partial charge in [-0.1, -0.05) is 6.92 Å². The SMILES string of the molecule is CCc1nc(-c2cncnc2)cc(=O)[nH]1. The predicted octanol–water partition coefficient (Wildman–Crippen LogP) is 0.789. The van der Waals surface area contributed by atoms with Crippen molar-refractivity contribution in [2.75, 3.05) is 0 Å². The van der Waals surface area contributed by atoms with Crippen LogP contribution in [-0.2, 0) is 6.42 Å². The second kappa shape index (κ2) is 4.00. The molecule has 2 aromatic heterocycles. The molecule has 0 radical (unpaired) electrons. The Morgan fingerprint density at radius 3 is 2.73 bits per heavy atom. The molecule has 2 heterocycles. The summed E-state index contributed by atoms with van der Waals surface area (Å²) in [6.07, 6.45) is 5.40. The van der Waals surface area contributed by atoms with Crippen molar-refractivity contribution in [2.24, 2.45) is 0 Å². The molecule has 0 bridgehead atoms. The lowest BCUT2D eigenvalue weighted by Gasteiger charge is -2.01. The van der Waals surface area contributed by atoms with E-state index in [1.54, 1.807) is 12.4 Å². The maximum absolute atomic E-state index is 11.3. The van der Waals surface area contributed by atoms with Crippen LogP contribution in [-0.4, -0.2) is 19.9 Å². The fourth-order valence-electron chi connectivity index (χ4n) is 1.25. The maximum Gasteiger partial charge on any atom is 0.251 e. The molecule has 76 valence electrons. The Morgan fingerprint density at radius 1 is 1.33 bits per heavy atom. The third kappa shape index (κ3) is 2.07. The Balaban J connectivity index is 2.54. The highest BCUT2D eigenvalue weighted by atomic mass is 16.1. The van der Waals surface area contributed by atoms with Gasteiger partial charge in [0.05, 0.1) is 5.69 Å². The Labute approximate surface area is 86.3 Å². The molecule has 2 rings (SSSR count). The molecule has 0 unspecified atom stereocenters. The van der Waals surface area contributed by atoms with E-state index < -0.39 is 0 Å². The molecule has 15 heavy (non-hydrogen) atoms. The Morgan fingerprint density at radius 2 is 2.07 bits per heavy atom. The monoisotopic (exact) mass is 202 g/mol. The Kier molecular flexibility index (Phi) is 2.53. The highest BCUT2D eigenvalue weighted by Crippen LogP contribution is 2.11. The minimum Gasteiger partial charge on any atom is -0.311 e. The number of aromatic amines is 1. The van der Waals surface area contributed by atoms with E-state index in [1.807, 2.05) is 6.92 Å². The molecular weight excluding hydrogens is 192 g/mol. The van der Waals surface area contributed by atoms with E-state index in [2.05, 4.69) is 19.9 Å². The van der Waals surface area contributed by atoms with E-state index in [4.69, 9.17) is 0 Å². The standard InChI is InChI=1S/C10H10N4O/c1-2-9-13-8(3-10(15)14-9)7-4-11-6-12-5-7/h3-6H,2H2,1H3,(H,13,14,15). The molecule has 0 fully saturated rings. The summed E-state index contributed by atoms with van der Waals surface area (Å²) in [5.41, 5.74) is 1.20. The van der Waals surface area contributed by atoms with Crippen molar-refractivity contribution < 1.29 is 0 Å². The summed E-state index contributed by atoms with van der Waals surface area (Å²) in [7, 11) is 0. The number of aryl methyl sites for hydroxylation is 1. The van der Waals surface area contributed by atoms with Crippen molar-refractivity contribution in [2.45, 2.75) is 13.3 Å². The topological polar surface area (TPSA) is 71.5 Å². The van der Waals surface area contributed by atoms with Gasteiger partial charge in [-0.15, -0.1) is 0 Å². The third-order valence-corrected chi connectivity index (χ3v) is 1.98. The van der Waals surface area contributed by atoms with Crippen LogP contribution >= 0.6 is 0 Å². The van der Waals surface area contributed by atoms with E-state index in [-0.39, 0.29) is 5.56 Å². The molecule has 0 atom stereocenters. The lowest BCUT2D eigenvalue weighted by atomic mass is 10.2. The number of aromatic nitrogens is 4. The van der Waals surface area contributed by atoms with Crippen LogP contribution in [0.2, 0.25) is 0 Å². The highest BCUT2D eigenvalue weighted by Gasteiger charge is 2.02. The molecule has 5 heteroatoms. The maximum atomic E-state index is 11.3. The van der Waals surface area contributed by atoms with Crippen LogP contribution in [0.25, 0.3) is 11.3 Å². The Hall–Kier alpha value is -2.04. The molecule has 0 aliphatic rings. The van der Waals surface area contributed by atoms with Crippen LogP contribution in [0.1, 0.15) is 12.7 Å². The fraction of sp³-hybridized carbons (Fsp3) is 0.200. The van der Waals surface area contributed by atoms with Crippen LogP contribution in [0.15, 0.2) is 29.6 Å². The third-order valence-electron chi connectivity index (χ3n) is 1.98. The molecule has 0 aromatic carbocycles. The number of nitrogens with zero attached hydrogens (tertiary/aromatic N) is 3. The van der Waals surface area contributed by atoms with E-state index in [0.29, 0.717) is 17.9 Å². The van der Waals surface area contributed by atoms with Gasteiger partial charge in [0.2, 0.25) is 0 Å². The molecule has 0 spiro atoms. The van der Waals surface area contributed by atoms with Crippen molar-refractivity contribution in [3.05, 3.63) is 41.0 Å². The van der Waals surface area contributed by atoms with Crippen LogP contribution in [0.5, 0.6) is 0 Å². The molecule has 0 saturated heterocycles. The van der Waals surface area contributed by atoms with E-state index in [1.165, 1.54) is 12.4 Å². The first kappa shape index (κ1) is 9.51. The highest BCUT2D eigenvalue weighted by molar-refractivity contribution is 5.55. The summed E-state index contributed by atoms with van der Waals surface area (Å²) in [4.78, 5) is 26.0. The van der Waals surface area contributed by atoms with Gasteiger partial charge in [0.15, 0.2) is 0 Å². The number of nitrogens with one attached hydrogen (secondary N) is 1. The quantitative estimate of drug-likeness (QED) is 0.781. The van der Waals surface area contributed by atoms with Crippen molar-refractivity contribution in [3.63, 3.8) is 0 Å². The summed E-state index contributed by atoms with van der Waals surface area (Å²) in [5.74, 6) is 0.668. The van der Waals surface area contributed by atoms with Gasteiger partial charge in [-0.2, -0.15) is 0 Å². The van der Waals surface area contributed by atoms with Gasteiger partial charge in [-0.25, -0.2) is 15.0 Å². The van der Waals surface area contributed by atoms with E-state index in [0.717, 1.165) is 5.56 Å². The second-order valence-electron chi connectivity index (χ2n) is 3.06. The fourth-order valence-corrected chi connectivity index (χ4v) is 1.25. The molecular formula is C10H10N4O. The van der Waals surface area contributed by atoms with Crippen LogP contribution < -0.4 is 5.56 Å². The second-order valence-corrected chi connectivity index (χ2v) is 3.06. The molecule has 0 aliphatic heterocycles. The van der Waals surface area contributed by atoms with E-state index in [9.17, 15) is 4.79 Å². The lowest BCUT2D eigenvalue weighted by molar-refractivity contribution is 0.923. The predicted molar refractivity (Wildman–Crippen MR) is 55.3 cm³/mol. The Bertz CT molecular complexity index is 506. The number of H-pyrrole nitrogens is 1. The van der Waals surface area contributed by atoms with E-state index >= 15 is 0 Å². The lowest BCUT2D eigenvalue weighted by Crippen LogP contribution is -2.10. The zero-order valence-corrected chi connectivity index (χ0v) is 8.27. The summed E-state index contributed by atoms with van der Waals surface area (Å²) in [5, 5.41) is 0. The summed E-state index contributed by atoms with van der Waals surface area (Å²) < 4.78 is 0. The van der Waals surface area contributed by atoms with Crippen LogP contribution in [0.4, 0.5) is 0 Å². The van der Waals surface area contributed by atoms with Crippen molar-refractivity contribution in [1.82, 2.24) is 19.9 Å². The van der Waals surface area contributed by atoms with Gasteiger partial charge in [-0.05, 0) is 0 Å². The molecule has 0 aliphatic carbocycles. The first-order chi connectivity index (χ1) is 7.29. The van der Waals surface area contributed by atoms with Gasteiger partial charge in [0.25, 0.3) is 5.56 Å². The number of rotatable bonds is 2. The van der Waals surface area contributed by atoms with Gasteiger partial charge in [0, 0.05) is 30.4 Å². The van der Waals surface area contributed by atoms with Crippen LogP contribution in [0.3, 0.4) is 0 Å². The van der Waals surface area contributed by atoms with Crippen molar-refractivity contribution in [1.29, 1.82) is 0 Å². The number of hydrogen-bond donors (Lipinski definition) is 1. The molecule has 1 N–H and O–H groups in total. The largest absolute Gasteiger partial charge is 0.311 e. The van der Waals surface area contributed by atoms with Gasteiger partial charge < -0.3 is 4.98 Å².